The van der Waals surface area contributed by atoms with E-state index < -0.39 is 6.10 Å². The second-order valence-electron chi connectivity index (χ2n) is 3.40. The summed E-state index contributed by atoms with van der Waals surface area (Å²) in [7, 11) is 1.66. The van der Waals surface area contributed by atoms with Crippen molar-refractivity contribution >= 4 is 0 Å². The minimum atomic E-state index is -0.430. The van der Waals surface area contributed by atoms with E-state index in [0.717, 1.165) is 13.0 Å². The normalized spacial score (nSPS) is 15.4. The Labute approximate surface area is 86.6 Å². The zero-order valence-electron chi connectivity index (χ0n) is 9.45. The highest BCUT2D eigenvalue weighted by molar-refractivity contribution is 4.59. The topological polar surface area (TPSA) is 50.7 Å². The van der Waals surface area contributed by atoms with Crippen LogP contribution in [0.1, 0.15) is 20.3 Å². The fraction of sp³-hybridized carbons (Fsp3) is 1.00. The van der Waals surface area contributed by atoms with E-state index in [1.165, 1.54) is 0 Å². The molecule has 0 radical (unpaired) electrons. The van der Waals surface area contributed by atoms with Crippen molar-refractivity contribution in [3.63, 3.8) is 0 Å². The average molecular weight is 205 g/mol. The maximum atomic E-state index is 9.46. The van der Waals surface area contributed by atoms with Crippen LogP contribution in [0.3, 0.4) is 0 Å². The van der Waals surface area contributed by atoms with Crippen molar-refractivity contribution in [3.05, 3.63) is 0 Å². The van der Waals surface area contributed by atoms with Crippen molar-refractivity contribution < 1.29 is 14.6 Å². The van der Waals surface area contributed by atoms with Crippen molar-refractivity contribution in [2.45, 2.75) is 32.5 Å². The summed E-state index contributed by atoms with van der Waals surface area (Å²) in [6.07, 6.45) is 0.772. The molecule has 2 atom stereocenters. The van der Waals surface area contributed by atoms with Gasteiger partial charge >= 0.3 is 0 Å². The van der Waals surface area contributed by atoms with E-state index in [-0.39, 0.29) is 6.10 Å². The molecule has 2 N–H and O–H groups in total. The van der Waals surface area contributed by atoms with Crippen molar-refractivity contribution in [3.8, 4) is 0 Å². The van der Waals surface area contributed by atoms with Gasteiger partial charge in [0.1, 0.15) is 0 Å². The van der Waals surface area contributed by atoms with Gasteiger partial charge in [0, 0.05) is 20.2 Å². The van der Waals surface area contributed by atoms with E-state index >= 15 is 0 Å². The van der Waals surface area contributed by atoms with Gasteiger partial charge in [0.15, 0.2) is 0 Å². The van der Waals surface area contributed by atoms with Crippen molar-refractivity contribution in [2.24, 2.45) is 0 Å². The highest BCUT2D eigenvalue weighted by atomic mass is 16.5. The van der Waals surface area contributed by atoms with Crippen molar-refractivity contribution in [1.29, 1.82) is 0 Å². The summed E-state index contributed by atoms with van der Waals surface area (Å²) < 4.78 is 10.3. The molecule has 0 aliphatic carbocycles. The van der Waals surface area contributed by atoms with Gasteiger partial charge in [0.2, 0.25) is 0 Å². The van der Waals surface area contributed by atoms with Crippen LogP contribution in [0.5, 0.6) is 0 Å². The number of aliphatic hydroxyl groups excluding tert-OH is 1. The Bertz CT molecular complexity index is 122. The van der Waals surface area contributed by atoms with Crippen LogP contribution < -0.4 is 5.32 Å². The monoisotopic (exact) mass is 205 g/mol. The molecule has 86 valence electrons. The molecule has 0 aromatic heterocycles. The SMILES string of the molecule is CCC(C)OCC(O)CNCCOC. The van der Waals surface area contributed by atoms with Crippen molar-refractivity contribution in [2.75, 3.05) is 33.4 Å². The van der Waals surface area contributed by atoms with Gasteiger partial charge in [-0.3, -0.25) is 0 Å². The Morgan fingerprint density at radius 1 is 1.43 bits per heavy atom. The molecule has 4 nitrogen and oxygen atoms in total. The lowest BCUT2D eigenvalue weighted by atomic mass is 10.3. The number of methoxy groups -OCH3 is 1. The van der Waals surface area contributed by atoms with Gasteiger partial charge in [-0.2, -0.15) is 0 Å². The lowest BCUT2D eigenvalue weighted by molar-refractivity contribution is -0.00254. The first-order valence-corrected chi connectivity index (χ1v) is 5.20. The van der Waals surface area contributed by atoms with Crippen LogP contribution in [0.25, 0.3) is 0 Å². The molecular weight excluding hydrogens is 182 g/mol. The van der Waals surface area contributed by atoms with Crippen LogP contribution in [-0.2, 0) is 9.47 Å². The quantitative estimate of drug-likeness (QED) is 0.535. The molecular formula is C10H23NO3. The first-order chi connectivity index (χ1) is 6.70. The van der Waals surface area contributed by atoms with Gasteiger partial charge in [-0.15, -0.1) is 0 Å². The van der Waals surface area contributed by atoms with Crippen LogP contribution in [-0.4, -0.2) is 50.7 Å². The second-order valence-corrected chi connectivity index (χ2v) is 3.40. The van der Waals surface area contributed by atoms with Gasteiger partial charge in [0.05, 0.1) is 25.4 Å². The van der Waals surface area contributed by atoms with E-state index in [9.17, 15) is 5.11 Å². The molecule has 0 rings (SSSR count). The minimum Gasteiger partial charge on any atom is -0.389 e. The van der Waals surface area contributed by atoms with Crippen molar-refractivity contribution in [1.82, 2.24) is 5.32 Å². The first-order valence-electron chi connectivity index (χ1n) is 5.20. The molecule has 0 spiro atoms. The lowest BCUT2D eigenvalue weighted by Crippen LogP contribution is -2.33. The average Bonchev–Trinajstić information content (AvgIpc) is 2.21. The van der Waals surface area contributed by atoms with Crippen LogP contribution in [0.4, 0.5) is 0 Å². The third-order valence-electron chi connectivity index (χ3n) is 2.01. The molecule has 4 heteroatoms. The number of ether oxygens (including phenoxy) is 2. The predicted molar refractivity (Wildman–Crippen MR) is 56.5 cm³/mol. The molecule has 2 unspecified atom stereocenters. The molecule has 0 fully saturated rings. The maximum Gasteiger partial charge on any atom is 0.0897 e. The van der Waals surface area contributed by atoms with E-state index in [1.54, 1.807) is 7.11 Å². The largest absolute Gasteiger partial charge is 0.389 e. The van der Waals surface area contributed by atoms with Gasteiger partial charge in [-0.25, -0.2) is 0 Å². The zero-order valence-corrected chi connectivity index (χ0v) is 9.45. The summed E-state index contributed by atoms with van der Waals surface area (Å²) in [6.45, 7) is 6.45. The molecule has 0 bridgehead atoms. The minimum absolute atomic E-state index is 0.226. The summed E-state index contributed by atoms with van der Waals surface area (Å²) in [4.78, 5) is 0. The Hall–Kier alpha value is -0.160. The predicted octanol–water partition coefficient (Wildman–Crippen LogP) is 0.398. The van der Waals surface area contributed by atoms with E-state index in [0.29, 0.717) is 19.8 Å². The van der Waals surface area contributed by atoms with E-state index in [4.69, 9.17) is 9.47 Å². The first kappa shape index (κ1) is 13.8. The summed E-state index contributed by atoms with van der Waals surface area (Å²) in [5, 5.41) is 12.5. The third-order valence-corrected chi connectivity index (χ3v) is 2.01. The van der Waals surface area contributed by atoms with Gasteiger partial charge in [0.25, 0.3) is 0 Å². The number of hydrogen-bond acceptors (Lipinski definition) is 4. The number of aliphatic hydroxyl groups is 1. The molecule has 0 saturated heterocycles. The van der Waals surface area contributed by atoms with Gasteiger partial charge in [-0.1, -0.05) is 6.92 Å². The Kier molecular flexibility index (Phi) is 9.29. The fourth-order valence-electron chi connectivity index (χ4n) is 0.895. The standard InChI is InChI=1S/C10H23NO3/c1-4-9(2)14-8-10(12)7-11-5-6-13-3/h9-12H,4-8H2,1-3H3. The van der Waals surface area contributed by atoms with Crippen LogP contribution in [0, 0.1) is 0 Å². The highest BCUT2D eigenvalue weighted by Crippen LogP contribution is 1.96. The van der Waals surface area contributed by atoms with Crippen LogP contribution >= 0.6 is 0 Å². The second kappa shape index (κ2) is 9.40. The Balaban J connectivity index is 3.23. The molecule has 0 heterocycles. The van der Waals surface area contributed by atoms with Crippen LogP contribution in [0.2, 0.25) is 0 Å². The van der Waals surface area contributed by atoms with E-state index in [2.05, 4.69) is 12.2 Å². The smallest absolute Gasteiger partial charge is 0.0897 e. The lowest BCUT2D eigenvalue weighted by Gasteiger charge is -2.15. The Morgan fingerprint density at radius 2 is 2.14 bits per heavy atom. The molecule has 0 aliphatic heterocycles. The number of nitrogens with one attached hydrogen (secondary N) is 1. The molecule has 0 amide bonds. The molecule has 0 aliphatic rings. The molecule has 0 saturated carbocycles. The Morgan fingerprint density at radius 3 is 2.71 bits per heavy atom. The molecule has 0 aromatic carbocycles. The summed E-state index contributed by atoms with van der Waals surface area (Å²) in [5.74, 6) is 0. The summed E-state index contributed by atoms with van der Waals surface area (Å²) in [6, 6.07) is 0. The fourth-order valence-corrected chi connectivity index (χ4v) is 0.895. The van der Waals surface area contributed by atoms with Gasteiger partial charge in [-0.05, 0) is 13.3 Å². The van der Waals surface area contributed by atoms with E-state index in [1.807, 2.05) is 6.92 Å². The van der Waals surface area contributed by atoms with Crippen LogP contribution in [0.15, 0.2) is 0 Å². The molecule has 14 heavy (non-hydrogen) atoms. The van der Waals surface area contributed by atoms with Gasteiger partial charge < -0.3 is 19.9 Å². The highest BCUT2D eigenvalue weighted by Gasteiger charge is 2.05. The summed E-state index contributed by atoms with van der Waals surface area (Å²) in [5.41, 5.74) is 0. The summed E-state index contributed by atoms with van der Waals surface area (Å²) >= 11 is 0. The number of rotatable bonds is 9. The third kappa shape index (κ3) is 8.44. The zero-order chi connectivity index (χ0) is 10.8. The molecule has 0 aromatic rings. The maximum absolute atomic E-state index is 9.46. The number of hydrogen-bond donors (Lipinski definition) is 2.